The van der Waals surface area contributed by atoms with Gasteiger partial charge in [0.2, 0.25) is 0 Å². The molecule has 27 heavy (non-hydrogen) atoms. The van der Waals surface area contributed by atoms with Crippen LogP contribution in [0.25, 0.3) is 11.0 Å². The number of halogens is 1. The van der Waals surface area contributed by atoms with Gasteiger partial charge in [-0.15, -0.1) is 0 Å². The zero-order chi connectivity index (χ0) is 18.5. The molecule has 2 aromatic heterocycles. The zero-order valence-corrected chi connectivity index (χ0v) is 16.6. The lowest BCUT2D eigenvalue weighted by Gasteiger charge is -2.16. The fourth-order valence-electron chi connectivity index (χ4n) is 4.58. The first-order valence-corrected chi connectivity index (χ1v) is 10.3. The predicted octanol–water partition coefficient (Wildman–Crippen LogP) is 4.44. The summed E-state index contributed by atoms with van der Waals surface area (Å²) in [5, 5.41) is 14.7. The molecule has 2 heterocycles. The molecule has 2 aliphatic carbocycles. The second-order valence-electron chi connectivity index (χ2n) is 7.71. The van der Waals surface area contributed by atoms with E-state index in [2.05, 4.69) is 73.2 Å². The highest BCUT2D eigenvalue weighted by Gasteiger charge is 2.32. The van der Waals surface area contributed by atoms with Crippen molar-refractivity contribution in [3.63, 3.8) is 0 Å². The van der Waals surface area contributed by atoms with E-state index in [1.807, 2.05) is 0 Å². The van der Waals surface area contributed by atoms with Gasteiger partial charge >= 0.3 is 0 Å². The molecule has 3 aromatic rings. The third-order valence-electron chi connectivity index (χ3n) is 6.03. The van der Waals surface area contributed by atoms with Crippen LogP contribution in [0.15, 0.2) is 41.3 Å². The minimum atomic E-state index is -0.332. The summed E-state index contributed by atoms with van der Waals surface area (Å²) in [7, 11) is 0. The molecule has 139 valence electrons. The van der Waals surface area contributed by atoms with Crippen LogP contribution in [0.5, 0.6) is 0 Å². The van der Waals surface area contributed by atoms with E-state index in [9.17, 15) is 5.11 Å². The van der Waals surface area contributed by atoms with E-state index in [1.165, 1.54) is 11.1 Å². The van der Waals surface area contributed by atoms with E-state index < -0.39 is 0 Å². The average molecular weight is 426 g/mol. The third kappa shape index (κ3) is 2.95. The van der Waals surface area contributed by atoms with Crippen LogP contribution in [0.4, 0.5) is 5.82 Å². The van der Waals surface area contributed by atoms with Gasteiger partial charge in [0, 0.05) is 16.7 Å². The molecule has 1 fully saturated rings. The van der Waals surface area contributed by atoms with Crippen molar-refractivity contribution in [1.82, 2.24) is 14.5 Å². The van der Waals surface area contributed by atoms with Crippen molar-refractivity contribution in [1.29, 1.82) is 0 Å². The van der Waals surface area contributed by atoms with Gasteiger partial charge in [-0.2, -0.15) is 0 Å². The first kappa shape index (κ1) is 17.2. The number of anilines is 1. The largest absolute Gasteiger partial charge is 0.393 e. The molecule has 0 bridgehead atoms. The molecule has 0 unspecified atom stereocenters. The van der Waals surface area contributed by atoms with Crippen LogP contribution in [0.1, 0.15) is 42.5 Å². The molecule has 0 saturated heterocycles. The fraction of sp³-hybridized carbons (Fsp3) is 0.381. The highest BCUT2D eigenvalue weighted by Crippen LogP contribution is 2.39. The van der Waals surface area contributed by atoms with E-state index in [0.29, 0.717) is 0 Å². The van der Waals surface area contributed by atoms with Crippen LogP contribution in [0.2, 0.25) is 0 Å². The van der Waals surface area contributed by atoms with Crippen molar-refractivity contribution >= 4 is 32.8 Å². The molecule has 6 heteroatoms. The first-order chi connectivity index (χ1) is 13.1. The summed E-state index contributed by atoms with van der Waals surface area (Å²) in [4.78, 5) is 9.05. The van der Waals surface area contributed by atoms with Gasteiger partial charge in [0.25, 0.3) is 0 Å². The topological polar surface area (TPSA) is 63.0 Å². The van der Waals surface area contributed by atoms with Crippen molar-refractivity contribution in [3.8, 4) is 0 Å². The molecule has 0 aliphatic heterocycles. The van der Waals surface area contributed by atoms with Crippen molar-refractivity contribution in [2.45, 2.75) is 43.9 Å². The molecule has 2 N–H and O–H groups in total. The van der Waals surface area contributed by atoms with Crippen molar-refractivity contribution in [2.24, 2.45) is 5.92 Å². The van der Waals surface area contributed by atoms with Gasteiger partial charge in [-0.05, 0) is 67.9 Å². The number of benzene rings is 1. The third-order valence-corrected chi connectivity index (χ3v) is 6.52. The number of nitrogens with one attached hydrogen (secondary N) is 1. The van der Waals surface area contributed by atoms with Crippen LogP contribution >= 0.6 is 15.9 Å². The molecule has 4 atom stereocenters. The highest BCUT2D eigenvalue weighted by atomic mass is 79.9. The maximum absolute atomic E-state index is 10.1. The molecule has 1 aromatic carbocycles. The minimum absolute atomic E-state index is 0.0844. The monoisotopic (exact) mass is 425 g/mol. The predicted molar refractivity (Wildman–Crippen MR) is 109 cm³/mol. The molecular formula is C21H22BrN4O. The molecule has 1 radical (unpaired) electrons. The molecule has 0 spiro atoms. The van der Waals surface area contributed by atoms with Crippen molar-refractivity contribution < 1.29 is 5.11 Å². The van der Waals surface area contributed by atoms with Crippen LogP contribution in [0, 0.1) is 12.8 Å². The summed E-state index contributed by atoms with van der Waals surface area (Å²) in [6.45, 7) is 4.06. The lowest BCUT2D eigenvalue weighted by atomic mass is 10.1. The number of aromatic nitrogens is 3. The number of hydrogen-bond acceptors (Lipinski definition) is 4. The second-order valence-corrected chi connectivity index (χ2v) is 8.63. The van der Waals surface area contributed by atoms with Crippen molar-refractivity contribution in [3.05, 3.63) is 59.3 Å². The van der Waals surface area contributed by atoms with Gasteiger partial charge in [-0.25, -0.2) is 9.97 Å². The molecule has 2 aliphatic rings. The number of fused-ring (bicyclic) bond motifs is 2. The lowest BCUT2D eigenvalue weighted by molar-refractivity contribution is 0.149. The Labute approximate surface area is 167 Å². The van der Waals surface area contributed by atoms with E-state index in [0.717, 1.165) is 47.0 Å². The Morgan fingerprint density at radius 2 is 2.11 bits per heavy atom. The van der Waals surface area contributed by atoms with Crippen LogP contribution in [0.3, 0.4) is 0 Å². The minimum Gasteiger partial charge on any atom is -0.393 e. The van der Waals surface area contributed by atoms with Gasteiger partial charge in [0.1, 0.15) is 17.8 Å². The quantitative estimate of drug-likeness (QED) is 0.650. The Kier molecular flexibility index (Phi) is 4.20. The summed E-state index contributed by atoms with van der Waals surface area (Å²) in [5.74, 6) is 0.963. The van der Waals surface area contributed by atoms with E-state index in [1.54, 1.807) is 6.33 Å². The maximum atomic E-state index is 10.1. The van der Waals surface area contributed by atoms with Crippen LogP contribution in [-0.4, -0.2) is 25.7 Å². The molecule has 1 saturated carbocycles. The number of aliphatic hydroxyl groups excluding tert-OH is 1. The summed E-state index contributed by atoms with van der Waals surface area (Å²) in [6, 6.07) is 9.11. The molecule has 0 amide bonds. The van der Waals surface area contributed by atoms with Crippen molar-refractivity contribution in [2.75, 3.05) is 5.32 Å². The number of hydrogen-bond donors (Lipinski definition) is 2. The first-order valence-electron chi connectivity index (χ1n) is 9.47. The Hall–Kier alpha value is -1.92. The normalized spacial score (nSPS) is 27.2. The number of nitrogens with zero attached hydrogens (tertiary/aromatic N) is 3. The molecule has 5 rings (SSSR count). The SMILES string of the molecule is [CH2][C@H]1C[C@@H](n2ccc3c(N[C@H]4CCc5cc(Br)ccc54)ncnc32)C[C@@H]1O. The van der Waals surface area contributed by atoms with E-state index in [-0.39, 0.29) is 24.1 Å². The summed E-state index contributed by atoms with van der Waals surface area (Å²) in [6.07, 6.45) is 7.12. The van der Waals surface area contributed by atoms with Gasteiger partial charge in [-0.3, -0.25) is 0 Å². The van der Waals surface area contributed by atoms with Gasteiger partial charge in [0.15, 0.2) is 0 Å². The van der Waals surface area contributed by atoms with Crippen LogP contribution < -0.4 is 5.32 Å². The maximum Gasteiger partial charge on any atom is 0.145 e. The Balaban J connectivity index is 1.46. The molecule has 5 nitrogen and oxygen atoms in total. The van der Waals surface area contributed by atoms with E-state index in [4.69, 9.17) is 0 Å². The Morgan fingerprint density at radius 3 is 2.93 bits per heavy atom. The lowest BCUT2D eigenvalue weighted by Crippen LogP contribution is -2.10. The average Bonchev–Trinajstić information content (AvgIpc) is 3.33. The number of rotatable bonds is 3. The Bertz CT molecular complexity index is 991. The molecular weight excluding hydrogens is 404 g/mol. The second kappa shape index (κ2) is 6.60. The summed E-state index contributed by atoms with van der Waals surface area (Å²) < 4.78 is 3.31. The van der Waals surface area contributed by atoms with Gasteiger partial charge < -0.3 is 15.0 Å². The zero-order valence-electron chi connectivity index (χ0n) is 15.0. The highest BCUT2D eigenvalue weighted by molar-refractivity contribution is 9.10. The van der Waals surface area contributed by atoms with Gasteiger partial charge in [-0.1, -0.05) is 22.0 Å². The van der Waals surface area contributed by atoms with E-state index >= 15 is 0 Å². The van der Waals surface area contributed by atoms with Crippen LogP contribution in [-0.2, 0) is 6.42 Å². The standard InChI is InChI=1S/C21H22BrN4O/c1-12-8-15(10-19(12)27)26-7-6-17-20(23-11-24-21(17)26)25-18-5-2-13-9-14(22)3-4-16(13)18/h3-4,6-7,9,11-12,15,18-19,27H,1-2,5,8,10H2,(H,23,24,25)/t12-,15+,18-,19-/m0/s1. The summed E-state index contributed by atoms with van der Waals surface area (Å²) in [5.41, 5.74) is 3.67. The summed E-state index contributed by atoms with van der Waals surface area (Å²) >= 11 is 3.56. The fourth-order valence-corrected chi connectivity index (χ4v) is 4.99. The Morgan fingerprint density at radius 1 is 1.22 bits per heavy atom. The smallest absolute Gasteiger partial charge is 0.145 e. The van der Waals surface area contributed by atoms with Gasteiger partial charge in [0.05, 0.1) is 17.5 Å². The number of aryl methyl sites for hydroxylation is 1. The number of aliphatic hydroxyl groups is 1.